The van der Waals surface area contributed by atoms with Crippen LogP contribution in [0, 0.1) is 0 Å². The number of hydrogen-bond acceptors (Lipinski definition) is 3. The Morgan fingerprint density at radius 1 is 0.636 bits per heavy atom. The Labute approximate surface area is 139 Å². The van der Waals surface area contributed by atoms with E-state index in [0.717, 1.165) is 39.0 Å². The summed E-state index contributed by atoms with van der Waals surface area (Å²) < 4.78 is 0. The van der Waals surface area contributed by atoms with E-state index in [1.165, 1.54) is 57.9 Å². The van der Waals surface area contributed by atoms with Crippen molar-refractivity contribution in [3.05, 3.63) is 0 Å². The van der Waals surface area contributed by atoms with Crippen LogP contribution < -0.4 is 0 Å². The smallest absolute Gasteiger partial charge is 0.121 e. The molecule has 0 saturated heterocycles. The molecule has 0 spiro atoms. The Bertz CT molecular complexity index is 233. The SMILES string of the molecule is CCCCCCCCN(CCC=O)CCN(CC)CCCC. The Morgan fingerprint density at radius 2 is 1.23 bits per heavy atom. The molecule has 0 aliphatic rings. The monoisotopic (exact) mass is 312 g/mol. The van der Waals surface area contributed by atoms with E-state index in [2.05, 4.69) is 30.6 Å². The first-order chi connectivity index (χ1) is 10.8. The maximum atomic E-state index is 10.7. The number of carbonyl (C=O) groups is 1. The first kappa shape index (κ1) is 21.6. The molecule has 0 amide bonds. The summed E-state index contributed by atoms with van der Waals surface area (Å²) in [5.74, 6) is 0. The van der Waals surface area contributed by atoms with Crippen LogP contribution in [0.3, 0.4) is 0 Å². The van der Waals surface area contributed by atoms with Gasteiger partial charge in [-0.15, -0.1) is 0 Å². The number of hydrogen-bond donors (Lipinski definition) is 0. The standard InChI is InChI=1S/C19H40N2O/c1-4-7-9-10-11-12-15-21(16-13-19-22)18-17-20(6-3)14-8-5-2/h19H,4-18H2,1-3H3. The van der Waals surface area contributed by atoms with E-state index in [0.29, 0.717) is 6.42 Å². The van der Waals surface area contributed by atoms with Gasteiger partial charge in [-0.25, -0.2) is 0 Å². The maximum Gasteiger partial charge on any atom is 0.121 e. The second kappa shape index (κ2) is 17.0. The van der Waals surface area contributed by atoms with Crippen LogP contribution in [0.4, 0.5) is 0 Å². The van der Waals surface area contributed by atoms with Crippen LogP contribution in [0.2, 0.25) is 0 Å². The summed E-state index contributed by atoms with van der Waals surface area (Å²) >= 11 is 0. The van der Waals surface area contributed by atoms with Gasteiger partial charge in [-0.1, -0.05) is 59.3 Å². The molecule has 0 heterocycles. The third-order valence-electron chi connectivity index (χ3n) is 4.40. The zero-order chi connectivity index (χ0) is 16.5. The van der Waals surface area contributed by atoms with Crippen molar-refractivity contribution in [2.24, 2.45) is 0 Å². The fourth-order valence-corrected chi connectivity index (χ4v) is 2.78. The first-order valence-electron chi connectivity index (χ1n) is 9.66. The van der Waals surface area contributed by atoms with Gasteiger partial charge in [0.05, 0.1) is 0 Å². The van der Waals surface area contributed by atoms with E-state index in [9.17, 15) is 4.79 Å². The maximum absolute atomic E-state index is 10.7. The highest BCUT2D eigenvalue weighted by molar-refractivity contribution is 5.49. The lowest BCUT2D eigenvalue weighted by Gasteiger charge is -2.26. The van der Waals surface area contributed by atoms with E-state index >= 15 is 0 Å². The molecule has 0 fully saturated rings. The van der Waals surface area contributed by atoms with Crippen LogP contribution in [0.25, 0.3) is 0 Å². The zero-order valence-electron chi connectivity index (χ0n) is 15.5. The molecule has 0 N–H and O–H groups in total. The molecule has 22 heavy (non-hydrogen) atoms. The van der Waals surface area contributed by atoms with Gasteiger partial charge < -0.3 is 14.6 Å². The van der Waals surface area contributed by atoms with Crippen LogP contribution in [-0.4, -0.2) is 55.4 Å². The van der Waals surface area contributed by atoms with E-state index < -0.39 is 0 Å². The van der Waals surface area contributed by atoms with E-state index in [1.54, 1.807) is 0 Å². The normalized spacial score (nSPS) is 11.5. The molecule has 0 saturated carbocycles. The molecule has 0 aromatic rings. The zero-order valence-corrected chi connectivity index (χ0v) is 15.5. The Kier molecular flexibility index (Phi) is 16.6. The third kappa shape index (κ3) is 13.3. The second-order valence-electron chi connectivity index (χ2n) is 6.35. The van der Waals surface area contributed by atoms with Crippen molar-refractivity contribution >= 4 is 6.29 Å². The van der Waals surface area contributed by atoms with Gasteiger partial charge in [0.15, 0.2) is 0 Å². The minimum Gasteiger partial charge on any atom is -0.303 e. The number of carbonyl (C=O) groups excluding carboxylic acids is 1. The van der Waals surface area contributed by atoms with Crippen LogP contribution in [-0.2, 0) is 4.79 Å². The summed E-state index contributed by atoms with van der Waals surface area (Å²) in [7, 11) is 0. The van der Waals surface area contributed by atoms with Gasteiger partial charge in [0.2, 0.25) is 0 Å². The highest BCUT2D eigenvalue weighted by Crippen LogP contribution is 2.06. The molecule has 0 aliphatic carbocycles. The molecular weight excluding hydrogens is 272 g/mol. The second-order valence-corrected chi connectivity index (χ2v) is 6.35. The summed E-state index contributed by atoms with van der Waals surface area (Å²) in [6.07, 6.45) is 12.4. The minimum atomic E-state index is 0.677. The molecule has 0 radical (unpaired) electrons. The van der Waals surface area contributed by atoms with E-state index in [4.69, 9.17) is 0 Å². The van der Waals surface area contributed by atoms with Crippen molar-refractivity contribution in [1.29, 1.82) is 0 Å². The number of nitrogens with zero attached hydrogens (tertiary/aromatic N) is 2. The van der Waals surface area contributed by atoms with Gasteiger partial charge in [0.1, 0.15) is 6.29 Å². The van der Waals surface area contributed by atoms with Crippen molar-refractivity contribution in [1.82, 2.24) is 9.80 Å². The molecule has 0 bridgehead atoms. The quantitative estimate of drug-likeness (QED) is 0.294. The lowest BCUT2D eigenvalue weighted by Crippen LogP contribution is -2.36. The van der Waals surface area contributed by atoms with Crippen LogP contribution in [0.5, 0.6) is 0 Å². The van der Waals surface area contributed by atoms with Crippen molar-refractivity contribution < 1.29 is 4.79 Å². The van der Waals surface area contributed by atoms with Crippen LogP contribution in [0.15, 0.2) is 0 Å². The van der Waals surface area contributed by atoms with Gasteiger partial charge in [0.25, 0.3) is 0 Å². The van der Waals surface area contributed by atoms with Crippen molar-refractivity contribution in [3.8, 4) is 0 Å². The molecule has 0 aliphatic heterocycles. The molecule has 3 heteroatoms. The van der Waals surface area contributed by atoms with Crippen LogP contribution in [0.1, 0.15) is 78.6 Å². The van der Waals surface area contributed by atoms with Gasteiger partial charge in [-0.2, -0.15) is 0 Å². The number of likely N-dealkylation sites (N-methyl/N-ethyl adjacent to an activating group) is 1. The fraction of sp³-hybridized carbons (Fsp3) is 0.947. The van der Waals surface area contributed by atoms with Crippen LogP contribution >= 0.6 is 0 Å². The van der Waals surface area contributed by atoms with Crippen molar-refractivity contribution in [2.75, 3.05) is 39.3 Å². The van der Waals surface area contributed by atoms with E-state index in [1.807, 2.05) is 0 Å². The fourth-order valence-electron chi connectivity index (χ4n) is 2.78. The number of unbranched alkanes of at least 4 members (excludes halogenated alkanes) is 6. The number of rotatable bonds is 17. The topological polar surface area (TPSA) is 23.6 Å². The highest BCUT2D eigenvalue weighted by atomic mass is 16.1. The summed E-state index contributed by atoms with van der Waals surface area (Å²) in [6, 6.07) is 0. The molecule has 0 rings (SSSR count). The van der Waals surface area contributed by atoms with Crippen molar-refractivity contribution in [3.63, 3.8) is 0 Å². The first-order valence-corrected chi connectivity index (χ1v) is 9.66. The molecule has 132 valence electrons. The third-order valence-corrected chi connectivity index (χ3v) is 4.40. The lowest BCUT2D eigenvalue weighted by molar-refractivity contribution is -0.108. The summed E-state index contributed by atoms with van der Waals surface area (Å²) in [4.78, 5) is 15.7. The molecule has 0 aromatic carbocycles. The molecule has 3 nitrogen and oxygen atoms in total. The van der Waals surface area contributed by atoms with Gasteiger partial charge in [-0.3, -0.25) is 0 Å². The summed E-state index contributed by atoms with van der Waals surface area (Å²) in [6.45, 7) is 13.5. The average molecular weight is 313 g/mol. The molecule has 0 atom stereocenters. The largest absolute Gasteiger partial charge is 0.303 e. The molecule has 0 aromatic heterocycles. The lowest BCUT2D eigenvalue weighted by atomic mass is 10.1. The number of aldehydes is 1. The van der Waals surface area contributed by atoms with Crippen molar-refractivity contribution in [2.45, 2.75) is 78.6 Å². The molecule has 0 unspecified atom stereocenters. The predicted molar refractivity (Wildman–Crippen MR) is 97.5 cm³/mol. The van der Waals surface area contributed by atoms with Gasteiger partial charge in [0, 0.05) is 26.1 Å². The summed E-state index contributed by atoms with van der Waals surface area (Å²) in [5, 5.41) is 0. The Hall–Kier alpha value is -0.410. The Balaban J connectivity index is 3.91. The predicted octanol–water partition coefficient (Wildman–Crippen LogP) is 4.36. The summed E-state index contributed by atoms with van der Waals surface area (Å²) in [5.41, 5.74) is 0. The molecular formula is C19H40N2O. The van der Waals surface area contributed by atoms with Gasteiger partial charge in [-0.05, 0) is 32.5 Å². The Morgan fingerprint density at radius 3 is 1.86 bits per heavy atom. The van der Waals surface area contributed by atoms with Gasteiger partial charge >= 0.3 is 0 Å². The highest BCUT2D eigenvalue weighted by Gasteiger charge is 2.07. The minimum absolute atomic E-state index is 0.677. The van der Waals surface area contributed by atoms with E-state index in [-0.39, 0.29) is 0 Å². The average Bonchev–Trinajstić information content (AvgIpc) is 2.54.